The van der Waals surface area contributed by atoms with Crippen LogP contribution in [0.25, 0.3) is 6.08 Å². The Balaban J connectivity index is 1.47. The van der Waals surface area contributed by atoms with Gasteiger partial charge in [-0.1, -0.05) is 37.3 Å². The molecule has 3 aromatic rings. The summed E-state index contributed by atoms with van der Waals surface area (Å²) in [5.41, 5.74) is 1.72. The van der Waals surface area contributed by atoms with Gasteiger partial charge in [-0.2, -0.15) is 0 Å². The zero-order valence-electron chi connectivity index (χ0n) is 21.7. The molecular formula is C30H29FN2O6. The Morgan fingerprint density at radius 3 is 2.38 bits per heavy atom. The molecular weight excluding hydrogens is 503 g/mol. The van der Waals surface area contributed by atoms with Crippen molar-refractivity contribution < 1.29 is 33.0 Å². The lowest BCUT2D eigenvalue weighted by Crippen LogP contribution is -2.53. The molecule has 4 amide bonds. The van der Waals surface area contributed by atoms with Crippen molar-refractivity contribution >= 4 is 23.9 Å². The van der Waals surface area contributed by atoms with E-state index in [0.29, 0.717) is 47.2 Å². The maximum Gasteiger partial charge on any atom is 0.331 e. The van der Waals surface area contributed by atoms with E-state index in [-0.39, 0.29) is 24.5 Å². The molecule has 1 fully saturated rings. The van der Waals surface area contributed by atoms with Crippen LogP contribution in [-0.2, 0) is 22.7 Å². The zero-order chi connectivity index (χ0) is 27.8. The Morgan fingerprint density at radius 2 is 1.67 bits per heavy atom. The second kappa shape index (κ2) is 12.7. The van der Waals surface area contributed by atoms with Gasteiger partial charge in [0.2, 0.25) is 0 Å². The van der Waals surface area contributed by atoms with Gasteiger partial charge >= 0.3 is 6.03 Å². The summed E-state index contributed by atoms with van der Waals surface area (Å²) >= 11 is 0. The van der Waals surface area contributed by atoms with Gasteiger partial charge in [-0.05, 0) is 72.5 Å². The molecule has 1 saturated heterocycles. The highest BCUT2D eigenvalue weighted by molar-refractivity contribution is 6.30. The molecule has 202 valence electrons. The number of urea groups is 1. The van der Waals surface area contributed by atoms with E-state index in [1.54, 1.807) is 54.6 Å². The lowest BCUT2D eigenvalue weighted by molar-refractivity contribution is -0.130. The average molecular weight is 533 g/mol. The van der Waals surface area contributed by atoms with Crippen LogP contribution in [0.5, 0.6) is 17.2 Å². The first-order valence-electron chi connectivity index (χ1n) is 12.6. The third-order valence-electron chi connectivity index (χ3n) is 5.78. The second-order valence-corrected chi connectivity index (χ2v) is 8.76. The molecule has 4 rings (SSSR count). The molecule has 0 unspecified atom stereocenters. The van der Waals surface area contributed by atoms with Gasteiger partial charge in [-0.25, -0.2) is 9.18 Å². The van der Waals surface area contributed by atoms with Gasteiger partial charge in [0.25, 0.3) is 11.8 Å². The SMILES string of the molecule is CCCOc1ccc(CN2C(=O)NC(=O)/C(=C\c3ccc(OCc4cccc(F)c4)cc3)C2=O)cc1OCC. The third kappa shape index (κ3) is 7.01. The van der Waals surface area contributed by atoms with Crippen molar-refractivity contribution in [3.63, 3.8) is 0 Å². The van der Waals surface area contributed by atoms with Gasteiger partial charge in [0.15, 0.2) is 11.5 Å². The summed E-state index contributed by atoms with van der Waals surface area (Å²) in [7, 11) is 0. The minimum atomic E-state index is -0.799. The van der Waals surface area contributed by atoms with Crippen LogP contribution in [0.3, 0.4) is 0 Å². The molecule has 0 saturated carbocycles. The first-order valence-corrected chi connectivity index (χ1v) is 12.6. The van der Waals surface area contributed by atoms with Gasteiger partial charge < -0.3 is 14.2 Å². The van der Waals surface area contributed by atoms with Crippen LogP contribution in [0.4, 0.5) is 9.18 Å². The van der Waals surface area contributed by atoms with E-state index >= 15 is 0 Å². The second-order valence-electron chi connectivity index (χ2n) is 8.76. The average Bonchev–Trinajstić information content (AvgIpc) is 2.92. The molecule has 1 heterocycles. The first kappa shape index (κ1) is 27.4. The summed E-state index contributed by atoms with van der Waals surface area (Å²) in [6.07, 6.45) is 2.25. The van der Waals surface area contributed by atoms with Crippen LogP contribution in [0.2, 0.25) is 0 Å². The van der Waals surface area contributed by atoms with E-state index < -0.39 is 17.8 Å². The molecule has 0 atom stereocenters. The smallest absolute Gasteiger partial charge is 0.331 e. The number of benzene rings is 3. The predicted octanol–water partition coefficient (Wildman–Crippen LogP) is 5.25. The molecule has 0 aliphatic carbocycles. The Morgan fingerprint density at radius 1 is 0.872 bits per heavy atom. The zero-order valence-corrected chi connectivity index (χ0v) is 21.7. The molecule has 9 heteroatoms. The summed E-state index contributed by atoms with van der Waals surface area (Å²) in [6, 6.07) is 17.2. The molecule has 0 radical (unpaired) electrons. The predicted molar refractivity (Wildman–Crippen MR) is 143 cm³/mol. The molecule has 0 aromatic heterocycles. The van der Waals surface area contributed by atoms with Crippen LogP contribution in [0.1, 0.15) is 37.0 Å². The largest absolute Gasteiger partial charge is 0.490 e. The lowest BCUT2D eigenvalue weighted by atomic mass is 10.1. The Bertz CT molecular complexity index is 1390. The normalized spacial score (nSPS) is 14.4. The molecule has 1 aliphatic rings. The minimum Gasteiger partial charge on any atom is -0.490 e. The highest BCUT2D eigenvalue weighted by Crippen LogP contribution is 2.30. The molecule has 1 N–H and O–H groups in total. The fourth-order valence-corrected chi connectivity index (χ4v) is 3.89. The number of nitrogens with zero attached hydrogens (tertiary/aromatic N) is 1. The minimum absolute atomic E-state index is 0.0592. The van der Waals surface area contributed by atoms with Crippen LogP contribution in [0, 0.1) is 5.82 Å². The molecule has 0 spiro atoms. The fraction of sp³-hybridized carbons (Fsp3) is 0.233. The van der Waals surface area contributed by atoms with Crippen LogP contribution in [-0.4, -0.2) is 36.0 Å². The third-order valence-corrected chi connectivity index (χ3v) is 5.78. The number of halogens is 1. The van der Waals surface area contributed by atoms with Crippen molar-refractivity contribution in [1.29, 1.82) is 0 Å². The lowest BCUT2D eigenvalue weighted by Gasteiger charge is -2.26. The topological polar surface area (TPSA) is 94.2 Å². The van der Waals surface area contributed by atoms with E-state index in [1.165, 1.54) is 18.2 Å². The van der Waals surface area contributed by atoms with E-state index in [0.717, 1.165) is 11.3 Å². The summed E-state index contributed by atoms with van der Waals surface area (Å²) in [5.74, 6) is -0.191. The number of nitrogens with one attached hydrogen (secondary N) is 1. The monoisotopic (exact) mass is 532 g/mol. The summed E-state index contributed by atoms with van der Waals surface area (Å²) < 4.78 is 30.4. The maximum atomic E-state index is 13.4. The Hall–Kier alpha value is -4.66. The van der Waals surface area contributed by atoms with Crippen molar-refractivity contribution in [2.75, 3.05) is 13.2 Å². The van der Waals surface area contributed by atoms with Gasteiger partial charge in [0, 0.05) is 0 Å². The molecule has 3 aromatic carbocycles. The fourth-order valence-electron chi connectivity index (χ4n) is 3.89. The number of barbiturate groups is 1. The van der Waals surface area contributed by atoms with E-state index in [2.05, 4.69) is 5.32 Å². The standard InChI is InChI=1S/C30H29FN2O6/c1-3-14-38-26-13-10-21(17-27(26)37-4-2)18-33-29(35)25(28(34)32-30(33)36)16-20-8-11-24(12-9-20)39-19-22-6-5-7-23(31)15-22/h5-13,15-17H,3-4,14,18-19H2,1-2H3,(H,32,34,36)/b25-16+. The number of ether oxygens (including phenoxy) is 3. The highest BCUT2D eigenvalue weighted by Gasteiger charge is 2.35. The summed E-state index contributed by atoms with van der Waals surface area (Å²) in [4.78, 5) is 39.2. The quantitative estimate of drug-likeness (QED) is 0.268. The molecule has 8 nitrogen and oxygen atoms in total. The van der Waals surface area contributed by atoms with Crippen LogP contribution < -0.4 is 19.5 Å². The van der Waals surface area contributed by atoms with Gasteiger partial charge in [0.1, 0.15) is 23.7 Å². The summed E-state index contributed by atoms with van der Waals surface area (Å²) in [6.45, 7) is 4.93. The maximum absolute atomic E-state index is 13.4. The van der Waals surface area contributed by atoms with Gasteiger partial charge in [-0.15, -0.1) is 0 Å². The number of carbonyl (C=O) groups excluding carboxylic acids is 3. The Kier molecular flexibility index (Phi) is 8.94. The number of rotatable bonds is 11. The van der Waals surface area contributed by atoms with Crippen LogP contribution in [0.15, 0.2) is 72.3 Å². The highest BCUT2D eigenvalue weighted by atomic mass is 19.1. The Labute approximate surface area is 226 Å². The van der Waals surface area contributed by atoms with E-state index in [1.807, 2.05) is 13.8 Å². The van der Waals surface area contributed by atoms with E-state index in [9.17, 15) is 18.8 Å². The first-order chi connectivity index (χ1) is 18.9. The number of hydrogen-bond acceptors (Lipinski definition) is 6. The van der Waals surface area contributed by atoms with Gasteiger partial charge in [0.05, 0.1) is 19.8 Å². The van der Waals surface area contributed by atoms with Gasteiger partial charge in [-0.3, -0.25) is 19.8 Å². The van der Waals surface area contributed by atoms with Crippen molar-refractivity contribution in [3.05, 3.63) is 94.8 Å². The number of hydrogen-bond donors (Lipinski definition) is 1. The van der Waals surface area contributed by atoms with E-state index in [4.69, 9.17) is 14.2 Å². The number of amides is 4. The molecule has 1 aliphatic heterocycles. The van der Waals surface area contributed by atoms with Crippen molar-refractivity contribution in [3.8, 4) is 17.2 Å². The number of imide groups is 2. The van der Waals surface area contributed by atoms with Crippen molar-refractivity contribution in [2.45, 2.75) is 33.4 Å². The molecule has 0 bridgehead atoms. The van der Waals surface area contributed by atoms with Crippen molar-refractivity contribution in [2.24, 2.45) is 0 Å². The van der Waals surface area contributed by atoms with Crippen molar-refractivity contribution in [1.82, 2.24) is 10.2 Å². The van der Waals surface area contributed by atoms with Crippen LogP contribution >= 0.6 is 0 Å². The number of carbonyl (C=O) groups is 3. The summed E-state index contributed by atoms with van der Waals surface area (Å²) in [5, 5.41) is 2.23. The molecule has 39 heavy (non-hydrogen) atoms.